The van der Waals surface area contributed by atoms with Gasteiger partial charge in [0.1, 0.15) is 0 Å². The maximum atomic E-state index is 4.37. The van der Waals surface area contributed by atoms with Crippen molar-refractivity contribution in [2.45, 2.75) is 13.3 Å². The van der Waals surface area contributed by atoms with Crippen LogP contribution in [0.25, 0.3) is 0 Å². The molecule has 0 bridgehead atoms. The molecule has 0 aromatic carbocycles. The van der Waals surface area contributed by atoms with Gasteiger partial charge in [0.25, 0.3) is 0 Å². The van der Waals surface area contributed by atoms with Crippen LogP contribution in [-0.2, 0) is 19.5 Å². The van der Waals surface area contributed by atoms with E-state index in [1.54, 1.807) is 6.20 Å². The largest absolute Gasteiger partial charge is 2.00 e. The molecule has 0 spiro atoms. The maximum Gasteiger partial charge on any atom is 2.00 e. The summed E-state index contributed by atoms with van der Waals surface area (Å²) in [5.74, 6) is 0. The van der Waals surface area contributed by atoms with Crippen molar-refractivity contribution in [1.82, 2.24) is 4.98 Å². The van der Waals surface area contributed by atoms with Gasteiger partial charge in [-0.15, -0.1) is 6.58 Å². The van der Waals surface area contributed by atoms with Gasteiger partial charge in [-0.2, -0.15) is 0 Å². The van der Waals surface area contributed by atoms with Crippen LogP contribution in [0.2, 0.25) is 0 Å². The molecule has 2 heterocycles. The standard InChI is InChI=1S/C13H14N2.Ru/c1-3-13(2)7-9-15-12(10-13)11-6-4-5-8-14-11;/h3-9H,1,10H2,2H3;/q;+2. The van der Waals surface area contributed by atoms with Crippen molar-refractivity contribution in [1.29, 1.82) is 0 Å². The zero-order chi connectivity index (χ0) is 10.7. The third-order valence-corrected chi connectivity index (χ3v) is 2.66. The van der Waals surface area contributed by atoms with Gasteiger partial charge in [0.15, 0.2) is 0 Å². The van der Waals surface area contributed by atoms with E-state index in [0.29, 0.717) is 0 Å². The van der Waals surface area contributed by atoms with Crippen molar-refractivity contribution in [3.63, 3.8) is 0 Å². The second kappa shape index (κ2) is 5.31. The minimum atomic E-state index is 0. The molecule has 2 rings (SSSR count). The number of aliphatic imine (C=N–C) groups is 1. The molecule has 1 atom stereocenters. The van der Waals surface area contributed by atoms with Crippen LogP contribution in [-0.4, -0.2) is 10.7 Å². The first kappa shape index (κ1) is 13.0. The van der Waals surface area contributed by atoms with Crippen LogP contribution in [0.1, 0.15) is 19.0 Å². The van der Waals surface area contributed by atoms with Gasteiger partial charge in [-0.1, -0.05) is 25.1 Å². The smallest absolute Gasteiger partial charge is 0.259 e. The number of allylic oxidation sites excluding steroid dienone is 2. The predicted octanol–water partition coefficient (Wildman–Crippen LogP) is 2.98. The Bertz CT molecular complexity index is 423. The minimum Gasteiger partial charge on any atom is -0.259 e. The summed E-state index contributed by atoms with van der Waals surface area (Å²) in [5, 5.41) is 0. The number of rotatable bonds is 2. The second-order valence-corrected chi connectivity index (χ2v) is 3.99. The van der Waals surface area contributed by atoms with E-state index in [2.05, 4.69) is 29.6 Å². The van der Waals surface area contributed by atoms with E-state index < -0.39 is 0 Å². The number of hydrogen-bond donors (Lipinski definition) is 0. The summed E-state index contributed by atoms with van der Waals surface area (Å²) >= 11 is 0. The summed E-state index contributed by atoms with van der Waals surface area (Å²) in [7, 11) is 0. The Kier molecular flexibility index (Phi) is 4.31. The molecule has 82 valence electrons. The van der Waals surface area contributed by atoms with Gasteiger partial charge >= 0.3 is 19.5 Å². The third-order valence-electron chi connectivity index (χ3n) is 2.66. The zero-order valence-corrected chi connectivity index (χ0v) is 10.9. The Morgan fingerprint density at radius 2 is 2.25 bits per heavy atom. The normalized spacial score (nSPS) is 23.2. The fourth-order valence-corrected chi connectivity index (χ4v) is 1.59. The quantitative estimate of drug-likeness (QED) is 0.609. The third kappa shape index (κ3) is 2.73. The van der Waals surface area contributed by atoms with Crippen molar-refractivity contribution in [2.24, 2.45) is 10.4 Å². The predicted molar refractivity (Wildman–Crippen MR) is 62.8 cm³/mol. The average molecular weight is 299 g/mol. The van der Waals surface area contributed by atoms with Crippen LogP contribution in [0.3, 0.4) is 0 Å². The summed E-state index contributed by atoms with van der Waals surface area (Å²) in [6.45, 7) is 6.00. The molecule has 0 saturated carbocycles. The Hall–Kier alpha value is -1.08. The number of hydrogen-bond acceptors (Lipinski definition) is 2. The first-order valence-corrected chi connectivity index (χ1v) is 5.03. The van der Waals surface area contributed by atoms with E-state index in [9.17, 15) is 0 Å². The molecular formula is C13H14N2Ru+2. The molecule has 3 heteroatoms. The fourth-order valence-electron chi connectivity index (χ4n) is 1.59. The van der Waals surface area contributed by atoms with E-state index >= 15 is 0 Å². The Balaban J connectivity index is 0.00000128. The molecular weight excluding hydrogens is 285 g/mol. The molecule has 1 aromatic rings. The van der Waals surface area contributed by atoms with Gasteiger partial charge in [-0.3, -0.25) is 9.98 Å². The summed E-state index contributed by atoms with van der Waals surface area (Å²) < 4.78 is 0. The molecule has 0 aliphatic carbocycles. The Morgan fingerprint density at radius 1 is 1.44 bits per heavy atom. The maximum absolute atomic E-state index is 4.37. The molecule has 1 aliphatic rings. The number of aromatic nitrogens is 1. The molecule has 1 unspecified atom stereocenters. The van der Waals surface area contributed by atoms with E-state index in [0.717, 1.165) is 17.8 Å². The van der Waals surface area contributed by atoms with E-state index in [1.807, 2.05) is 30.5 Å². The van der Waals surface area contributed by atoms with Crippen molar-refractivity contribution in [3.05, 3.63) is 55.0 Å². The van der Waals surface area contributed by atoms with Crippen LogP contribution >= 0.6 is 0 Å². The zero-order valence-electron chi connectivity index (χ0n) is 9.20. The average Bonchev–Trinajstić information content (AvgIpc) is 2.30. The van der Waals surface area contributed by atoms with Gasteiger partial charge in [0, 0.05) is 24.2 Å². The SMILES string of the molecule is C=CC1(C)C=CN=C(c2ccccn2)C1.[Ru+2]. The van der Waals surface area contributed by atoms with Crippen molar-refractivity contribution < 1.29 is 19.5 Å². The number of nitrogens with zero attached hydrogens (tertiary/aromatic N) is 2. The van der Waals surface area contributed by atoms with Gasteiger partial charge in [-0.25, -0.2) is 0 Å². The fraction of sp³-hybridized carbons (Fsp3) is 0.231. The first-order valence-electron chi connectivity index (χ1n) is 5.03. The molecule has 0 fully saturated rings. The summed E-state index contributed by atoms with van der Waals surface area (Å²) in [6, 6.07) is 5.88. The van der Waals surface area contributed by atoms with Crippen LogP contribution in [0.4, 0.5) is 0 Å². The molecule has 0 amide bonds. The van der Waals surface area contributed by atoms with Gasteiger partial charge in [0.05, 0.1) is 11.4 Å². The number of pyridine rings is 1. The van der Waals surface area contributed by atoms with Crippen molar-refractivity contribution in [2.75, 3.05) is 0 Å². The molecule has 1 aromatic heterocycles. The van der Waals surface area contributed by atoms with Gasteiger partial charge in [0.2, 0.25) is 0 Å². The molecule has 0 radical (unpaired) electrons. The Morgan fingerprint density at radius 3 is 2.88 bits per heavy atom. The van der Waals surface area contributed by atoms with Crippen molar-refractivity contribution in [3.8, 4) is 0 Å². The summed E-state index contributed by atoms with van der Waals surface area (Å²) in [4.78, 5) is 8.67. The van der Waals surface area contributed by atoms with E-state index in [4.69, 9.17) is 0 Å². The second-order valence-electron chi connectivity index (χ2n) is 3.99. The summed E-state index contributed by atoms with van der Waals surface area (Å²) in [5.41, 5.74) is 1.99. The molecule has 1 aliphatic heterocycles. The topological polar surface area (TPSA) is 25.2 Å². The van der Waals surface area contributed by atoms with E-state index in [1.165, 1.54) is 0 Å². The Labute approximate surface area is 109 Å². The van der Waals surface area contributed by atoms with Crippen LogP contribution in [0.5, 0.6) is 0 Å². The van der Waals surface area contributed by atoms with Crippen LogP contribution in [0.15, 0.2) is 54.3 Å². The molecule has 2 nitrogen and oxygen atoms in total. The monoisotopic (exact) mass is 300 g/mol. The molecule has 0 saturated heterocycles. The van der Waals surface area contributed by atoms with Gasteiger partial charge in [-0.05, 0) is 12.1 Å². The first-order chi connectivity index (χ1) is 7.23. The van der Waals surface area contributed by atoms with Gasteiger partial charge < -0.3 is 0 Å². The van der Waals surface area contributed by atoms with Crippen LogP contribution in [0, 0.1) is 5.41 Å². The molecule has 0 N–H and O–H groups in total. The summed E-state index contributed by atoms with van der Waals surface area (Å²) in [6.07, 6.45) is 8.54. The van der Waals surface area contributed by atoms with E-state index in [-0.39, 0.29) is 24.9 Å². The van der Waals surface area contributed by atoms with Crippen LogP contribution < -0.4 is 0 Å². The molecule has 16 heavy (non-hydrogen) atoms. The van der Waals surface area contributed by atoms with Crippen molar-refractivity contribution >= 4 is 5.71 Å². The minimum absolute atomic E-state index is 0.